The molecule has 0 saturated carbocycles. The van der Waals surface area contributed by atoms with Crippen molar-refractivity contribution in [3.8, 4) is 5.75 Å². The van der Waals surface area contributed by atoms with Gasteiger partial charge in [-0.2, -0.15) is 4.68 Å². The van der Waals surface area contributed by atoms with Gasteiger partial charge in [-0.25, -0.2) is 4.79 Å². The van der Waals surface area contributed by atoms with Crippen molar-refractivity contribution in [2.75, 3.05) is 6.61 Å². The molecule has 2 aromatic rings. The molecular formula is C12H11N3O5. The summed E-state index contributed by atoms with van der Waals surface area (Å²) >= 11 is 0. The van der Waals surface area contributed by atoms with E-state index in [9.17, 15) is 14.9 Å². The predicted molar refractivity (Wildman–Crippen MR) is 67.8 cm³/mol. The number of aromatic nitrogens is 2. The van der Waals surface area contributed by atoms with E-state index in [0.717, 1.165) is 0 Å². The average molecular weight is 277 g/mol. The van der Waals surface area contributed by atoms with Crippen molar-refractivity contribution in [2.45, 2.75) is 6.54 Å². The Labute approximate surface area is 113 Å². The fourth-order valence-corrected chi connectivity index (χ4v) is 1.55. The number of hydrogen-bond acceptors (Lipinski definition) is 5. The Hall–Kier alpha value is -2.90. The van der Waals surface area contributed by atoms with Crippen molar-refractivity contribution in [1.82, 2.24) is 9.78 Å². The molecule has 20 heavy (non-hydrogen) atoms. The molecule has 2 rings (SSSR count). The van der Waals surface area contributed by atoms with E-state index < -0.39 is 10.9 Å². The summed E-state index contributed by atoms with van der Waals surface area (Å²) in [5.74, 6) is -0.831. The highest BCUT2D eigenvalue weighted by molar-refractivity contribution is 5.87. The second kappa shape index (κ2) is 5.83. The number of carboxylic acids is 1. The molecule has 0 spiro atoms. The SMILES string of the molecule is O=C(O)c1cccc(OCCn2ccc([N+](=O)[O-])n2)c1. The van der Waals surface area contributed by atoms with Crippen LogP contribution in [-0.2, 0) is 6.54 Å². The number of nitrogens with zero attached hydrogens (tertiary/aromatic N) is 3. The molecule has 0 fully saturated rings. The molecule has 0 atom stereocenters. The molecular weight excluding hydrogens is 266 g/mol. The number of ether oxygens (including phenoxy) is 1. The van der Waals surface area contributed by atoms with Gasteiger partial charge in [0.15, 0.2) is 0 Å². The Bertz CT molecular complexity index is 638. The van der Waals surface area contributed by atoms with Crippen LogP contribution in [0.25, 0.3) is 0 Å². The molecule has 1 heterocycles. The van der Waals surface area contributed by atoms with Crippen LogP contribution in [0.1, 0.15) is 10.4 Å². The van der Waals surface area contributed by atoms with Crippen molar-refractivity contribution < 1.29 is 19.6 Å². The van der Waals surface area contributed by atoms with Crippen LogP contribution < -0.4 is 4.74 Å². The van der Waals surface area contributed by atoms with Crippen molar-refractivity contribution in [1.29, 1.82) is 0 Å². The third kappa shape index (κ3) is 3.31. The van der Waals surface area contributed by atoms with E-state index >= 15 is 0 Å². The molecule has 1 N–H and O–H groups in total. The number of nitro groups is 1. The third-order valence-electron chi connectivity index (χ3n) is 2.48. The van der Waals surface area contributed by atoms with Gasteiger partial charge in [0.05, 0.1) is 29.5 Å². The second-order valence-electron chi connectivity index (χ2n) is 3.88. The molecule has 104 valence electrons. The first-order valence-electron chi connectivity index (χ1n) is 5.70. The lowest BCUT2D eigenvalue weighted by Gasteiger charge is -2.05. The van der Waals surface area contributed by atoms with Crippen LogP contribution in [-0.4, -0.2) is 32.4 Å². The Balaban J connectivity index is 1.90. The third-order valence-corrected chi connectivity index (χ3v) is 2.48. The minimum absolute atomic E-state index is 0.136. The fraction of sp³-hybridized carbons (Fsp3) is 0.167. The van der Waals surface area contributed by atoms with E-state index in [2.05, 4.69) is 5.10 Å². The molecule has 8 heteroatoms. The number of aromatic carboxylic acids is 1. The fourth-order valence-electron chi connectivity index (χ4n) is 1.55. The Kier molecular flexibility index (Phi) is 3.94. The first-order chi connectivity index (χ1) is 9.56. The maximum atomic E-state index is 10.8. The van der Waals surface area contributed by atoms with Crippen LogP contribution in [0, 0.1) is 10.1 Å². The highest BCUT2D eigenvalue weighted by Crippen LogP contribution is 2.13. The number of carboxylic acid groups (broad SMARTS) is 1. The zero-order valence-corrected chi connectivity index (χ0v) is 10.3. The quantitative estimate of drug-likeness (QED) is 0.634. The molecule has 0 aliphatic heterocycles. The highest BCUT2D eigenvalue weighted by atomic mass is 16.6. The van der Waals surface area contributed by atoms with Gasteiger partial charge in [0.25, 0.3) is 0 Å². The maximum absolute atomic E-state index is 10.8. The molecule has 8 nitrogen and oxygen atoms in total. The summed E-state index contributed by atoms with van der Waals surface area (Å²) in [6, 6.07) is 7.39. The standard InChI is InChI=1S/C12H11N3O5/c16-12(17)9-2-1-3-10(8-9)20-7-6-14-5-4-11(13-14)15(18)19/h1-5,8H,6-7H2,(H,16,17). The molecule has 1 aromatic carbocycles. The van der Waals surface area contributed by atoms with Gasteiger partial charge in [0.2, 0.25) is 0 Å². The van der Waals surface area contributed by atoms with Crippen LogP contribution in [0.2, 0.25) is 0 Å². The summed E-state index contributed by atoms with van der Waals surface area (Å²) in [4.78, 5) is 20.7. The Morgan fingerprint density at radius 2 is 2.25 bits per heavy atom. The number of hydrogen-bond donors (Lipinski definition) is 1. The first kappa shape index (κ1) is 13.5. The Morgan fingerprint density at radius 1 is 1.45 bits per heavy atom. The van der Waals surface area contributed by atoms with E-state index in [1.165, 1.54) is 29.1 Å². The van der Waals surface area contributed by atoms with Crippen molar-refractivity contribution in [3.05, 3.63) is 52.2 Å². The minimum atomic E-state index is -1.03. The number of carbonyl (C=O) groups is 1. The second-order valence-corrected chi connectivity index (χ2v) is 3.88. The molecule has 0 amide bonds. The Morgan fingerprint density at radius 3 is 2.90 bits per heavy atom. The zero-order valence-electron chi connectivity index (χ0n) is 10.3. The van der Waals surface area contributed by atoms with Crippen molar-refractivity contribution in [3.63, 3.8) is 0 Å². The lowest BCUT2D eigenvalue weighted by Crippen LogP contribution is -2.09. The summed E-state index contributed by atoms with van der Waals surface area (Å²) in [6.07, 6.45) is 1.48. The normalized spacial score (nSPS) is 10.2. The minimum Gasteiger partial charge on any atom is -0.492 e. The van der Waals surface area contributed by atoms with E-state index in [1.54, 1.807) is 12.1 Å². The van der Waals surface area contributed by atoms with Crippen LogP contribution >= 0.6 is 0 Å². The zero-order chi connectivity index (χ0) is 14.5. The van der Waals surface area contributed by atoms with Crippen molar-refractivity contribution in [2.24, 2.45) is 0 Å². The van der Waals surface area contributed by atoms with Crippen LogP contribution in [0.5, 0.6) is 5.75 Å². The van der Waals surface area contributed by atoms with E-state index in [0.29, 0.717) is 12.3 Å². The van der Waals surface area contributed by atoms with Gasteiger partial charge in [-0.1, -0.05) is 6.07 Å². The average Bonchev–Trinajstić information content (AvgIpc) is 2.88. The molecule has 0 unspecified atom stereocenters. The number of benzene rings is 1. The maximum Gasteiger partial charge on any atom is 0.389 e. The van der Waals surface area contributed by atoms with Crippen LogP contribution in [0.4, 0.5) is 5.82 Å². The lowest BCUT2D eigenvalue weighted by atomic mass is 10.2. The monoisotopic (exact) mass is 277 g/mol. The molecule has 0 saturated heterocycles. The van der Waals surface area contributed by atoms with Gasteiger partial charge in [0.1, 0.15) is 12.4 Å². The molecule has 0 aliphatic carbocycles. The largest absolute Gasteiger partial charge is 0.492 e. The van der Waals surface area contributed by atoms with Gasteiger partial charge in [-0.15, -0.1) is 0 Å². The van der Waals surface area contributed by atoms with E-state index in [4.69, 9.17) is 9.84 Å². The van der Waals surface area contributed by atoms with Crippen LogP contribution in [0.3, 0.4) is 0 Å². The number of rotatable bonds is 6. The molecule has 0 radical (unpaired) electrons. The molecule has 0 aliphatic rings. The lowest BCUT2D eigenvalue weighted by molar-refractivity contribution is -0.389. The summed E-state index contributed by atoms with van der Waals surface area (Å²) in [6.45, 7) is 0.549. The van der Waals surface area contributed by atoms with Gasteiger partial charge in [-0.05, 0) is 23.1 Å². The van der Waals surface area contributed by atoms with Gasteiger partial charge in [0, 0.05) is 0 Å². The smallest absolute Gasteiger partial charge is 0.389 e. The van der Waals surface area contributed by atoms with Gasteiger partial charge in [-0.3, -0.25) is 0 Å². The van der Waals surface area contributed by atoms with Crippen LogP contribution in [0.15, 0.2) is 36.5 Å². The predicted octanol–water partition coefficient (Wildman–Crippen LogP) is 1.57. The molecule has 1 aromatic heterocycles. The summed E-state index contributed by atoms with van der Waals surface area (Å²) < 4.78 is 6.76. The van der Waals surface area contributed by atoms with Gasteiger partial charge < -0.3 is 20.0 Å². The molecule has 0 bridgehead atoms. The summed E-state index contributed by atoms with van der Waals surface area (Å²) in [7, 11) is 0. The van der Waals surface area contributed by atoms with E-state index in [1.807, 2.05) is 0 Å². The topological polar surface area (TPSA) is 107 Å². The van der Waals surface area contributed by atoms with E-state index in [-0.39, 0.29) is 18.0 Å². The highest BCUT2D eigenvalue weighted by Gasteiger charge is 2.10. The summed E-state index contributed by atoms with van der Waals surface area (Å²) in [5.41, 5.74) is 0.136. The van der Waals surface area contributed by atoms with Crippen molar-refractivity contribution >= 4 is 11.8 Å². The van der Waals surface area contributed by atoms with Gasteiger partial charge >= 0.3 is 11.8 Å². The summed E-state index contributed by atoms with van der Waals surface area (Å²) in [5, 5.41) is 23.0. The first-order valence-corrected chi connectivity index (χ1v) is 5.70.